The third-order valence-electron chi connectivity index (χ3n) is 1.96. The zero-order chi connectivity index (χ0) is 11.6. The molecular formula is C6H11Na2O8P. The molecule has 8 nitrogen and oxygen atoms in total. The summed E-state index contributed by atoms with van der Waals surface area (Å²) in [7, 11) is -5.22. The SMILES string of the molecule is O=P([O-])([O-])O[C@@H]1C[C@@H](O)[C@H](O)[C@@H](CO)O1.[Na+].[Na+]. The summed E-state index contributed by atoms with van der Waals surface area (Å²) in [4.78, 5) is 20.5. The summed E-state index contributed by atoms with van der Waals surface area (Å²) in [5.41, 5.74) is 0. The van der Waals surface area contributed by atoms with Gasteiger partial charge in [-0.15, -0.1) is 0 Å². The maximum atomic E-state index is 10.2. The Labute approximate surface area is 142 Å². The van der Waals surface area contributed by atoms with Crippen molar-refractivity contribution in [3.05, 3.63) is 0 Å². The summed E-state index contributed by atoms with van der Waals surface area (Å²) >= 11 is 0. The van der Waals surface area contributed by atoms with Crippen LogP contribution in [0.25, 0.3) is 0 Å². The number of hydrogen-bond acceptors (Lipinski definition) is 8. The van der Waals surface area contributed by atoms with Crippen LogP contribution in [0.3, 0.4) is 0 Å². The third kappa shape index (κ3) is 7.34. The van der Waals surface area contributed by atoms with E-state index in [-0.39, 0.29) is 65.5 Å². The molecule has 0 spiro atoms. The van der Waals surface area contributed by atoms with E-state index in [9.17, 15) is 24.6 Å². The molecule has 0 aromatic heterocycles. The number of aliphatic hydroxyl groups is 3. The molecule has 4 atom stereocenters. The Kier molecular flexibility index (Phi) is 11.2. The summed E-state index contributed by atoms with van der Waals surface area (Å²) in [5, 5.41) is 27.2. The molecule has 1 aliphatic heterocycles. The van der Waals surface area contributed by atoms with Crippen molar-refractivity contribution >= 4 is 7.82 Å². The molecule has 0 unspecified atom stereocenters. The second-order valence-electron chi connectivity index (χ2n) is 3.13. The predicted molar refractivity (Wildman–Crippen MR) is 41.1 cm³/mol. The molecule has 0 bridgehead atoms. The maximum absolute atomic E-state index is 10.2. The van der Waals surface area contributed by atoms with E-state index in [4.69, 9.17) is 9.84 Å². The van der Waals surface area contributed by atoms with Crippen LogP contribution in [-0.2, 0) is 13.8 Å². The molecule has 0 aromatic rings. The fourth-order valence-corrected chi connectivity index (χ4v) is 1.70. The van der Waals surface area contributed by atoms with Crippen LogP contribution in [0.15, 0.2) is 0 Å². The van der Waals surface area contributed by atoms with Crippen LogP contribution >= 0.6 is 7.82 Å². The van der Waals surface area contributed by atoms with Gasteiger partial charge in [-0.25, -0.2) is 0 Å². The van der Waals surface area contributed by atoms with E-state index in [0.29, 0.717) is 0 Å². The van der Waals surface area contributed by atoms with Crippen LogP contribution in [0.2, 0.25) is 0 Å². The number of rotatable bonds is 3. The zero-order valence-corrected chi connectivity index (χ0v) is 14.4. The molecule has 1 saturated heterocycles. The molecule has 0 aromatic carbocycles. The average molecular weight is 288 g/mol. The first-order chi connectivity index (χ1) is 6.83. The number of hydrogen-bond donors (Lipinski definition) is 3. The van der Waals surface area contributed by atoms with E-state index >= 15 is 0 Å². The topological polar surface area (TPSA) is 142 Å². The van der Waals surface area contributed by atoms with Crippen LogP contribution in [0, 0.1) is 0 Å². The Morgan fingerprint density at radius 1 is 1.35 bits per heavy atom. The molecule has 3 N–H and O–H groups in total. The number of aliphatic hydroxyl groups excluding tert-OH is 3. The monoisotopic (exact) mass is 288 g/mol. The van der Waals surface area contributed by atoms with Crippen LogP contribution < -0.4 is 68.9 Å². The molecule has 0 amide bonds. The van der Waals surface area contributed by atoms with E-state index in [1.807, 2.05) is 0 Å². The van der Waals surface area contributed by atoms with Gasteiger partial charge >= 0.3 is 59.1 Å². The summed E-state index contributed by atoms with van der Waals surface area (Å²) < 4.78 is 19.0. The van der Waals surface area contributed by atoms with E-state index in [1.54, 1.807) is 0 Å². The predicted octanol–water partition coefficient (Wildman–Crippen LogP) is -9.33. The van der Waals surface area contributed by atoms with Crippen molar-refractivity contribution in [1.29, 1.82) is 0 Å². The van der Waals surface area contributed by atoms with Crippen molar-refractivity contribution in [2.24, 2.45) is 0 Å². The molecule has 0 saturated carbocycles. The maximum Gasteiger partial charge on any atom is 1.00 e. The van der Waals surface area contributed by atoms with Gasteiger partial charge in [0.05, 0.1) is 20.5 Å². The molecule has 1 aliphatic rings. The minimum atomic E-state index is -5.22. The van der Waals surface area contributed by atoms with E-state index in [2.05, 4.69) is 4.52 Å². The average Bonchev–Trinajstić information content (AvgIpc) is 2.08. The van der Waals surface area contributed by atoms with Crippen LogP contribution in [-0.4, -0.2) is 46.5 Å². The van der Waals surface area contributed by atoms with Crippen molar-refractivity contribution in [3.8, 4) is 0 Å². The molecule has 17 heavy (non-hydrogen) atoms. The largest absolute Gasteiger partial charge is 1.00 e. The number of ether oxygens (including phenoxy) is 1. The summed E-state index contributed by atoms with van der Waals surface area (Å²) in [6.07, 6.45) is -5.65. The molecule has 1 heterocycles. The second kappa shape index (κ2) is 8.99. The summed E-state index contributed by atoms with van der Waals surface area (Å²) in [6, 6.07) is 0. The van der Waals surface area contributed by atoms with Gasteiger partial charge in [0.15, 0.2) is 6.29 Å². The molecule has 1 fully saturated rings. The van der Waals surface area contributed by atoms with Gasteiger partial charge in [-0.1, -0.05) is 0 Å². The first-order valence-electron chi connectivity index (χ1n) is 4.16. The Balaban J connectivity index is 0. The Hall–Kier alpha value is 1.95. The van der Waals surface area contributed by atoms with Crippen molar-refractivity contribution in [2.45, 2.75) is 31.0 Å². The fraction of sp³-hybridized carbons (Fsp3) is 1.00. The Morgan fingerprint density at radius 3 is 2.29 bits per heavy atom. The van der Waals surface area contributed by atoms with Gasteiger partial charge in [-0.3, -0.25) is 0 Å². The molecular weight excluding hydrogens is 277 g/mol. The standard InChI is InChI=1S/C6H13O8P.2Na/c7-2-4-6(9)3(8)1-5(13-4)14-15(10,11)12;;/h3-9H,1-2H2,(H2,10,11,12);;/q;2*+1/p-2/t3-,4-,5-,6+;;/m1../s1. The van der Waals surface area contributed by atoms with Gasteiger partial charge in [0.2, 0.25) is 0 Å². The molecule has 11 heteroatoms. The van der Waals surface area contributed by atoms with E-state index in [1.165, 1.54) is 0 Å². The van der Waals surface area contributed by atoms with Crippen molar-refractivity contribution < 1.29 is 98.0 Å². The molecule has 90 valence electrons. The minimum Gasteiger partial charge on any atom is -0.790 e. The van der Waals surface area contributed by atoms with E-state index in [0.717, 1.165) is 0 Å². The summed E-state index contributed by atoms with van der Waals surface area (Å²) in [5.74, 6) is 0. The quantitative estimate of drug-likeness (QED) is 0.343. The van der Waals surface area contributed by atoms with Crippen molar-refractivity contribution in [1.82, 2.24) is 0 Å². The van der Waals surface area contributed by atoms with Gasteiger partial charge < -0.3 is 38.9 Å². The van der Waals surface area contributed by atoms with Gasteiger partial charge in [0, 0.05) is 6.42 Å². The van der Waals surface area contributed by atoms with Crippen molar-refractivity contribution in [2.75, 3.05) is 6.61 Å². The Morgan fingerprint density at radius 2 is 1.88 bits per heavy atom. The number of phosphoric acid groups is 1. The van der Waals surface area contributed by atoms with Gasteiger partial charge in [-0.2, -0.15) is 0 Å². The van der Waals surface area contributed by atoms with Crippen LogP contribution in [0.4, 0.5) is 0 Å². The fourth-order valence-electron chi connectivity index (χ4n) is 1.28. The van der Waals surface area contributed by atoms with Gasteiger partial charge in [0.1, 0.15) is 12.2 Å². The zero-order valence-electron chi connectivity index (χ0n) is 9.55. The summed E-state index contributed by atoms with van der Waals surface area (Å²) in [6.45, 7) is -0.625. The first-order valence-corrected chi connectivity index (χ1v) is 5.62. The normalized spacial score (nSPS) is 33.5. The number of phosphoric ester groups is 1. The molecule has 0 radical (unpaired) electrons. The molecule has 1 rings (SSSR count). The first kappa shape index (κ1) is 21.3. The second-order valence-corrected chi connectivity index (χ2v) is 4.24. The Bertz CT molecular complexity index is 260. The van der Waals surface area contributed by atoms with Crippen LogP contribution in [0.1, 0.15) is 6.42 Å². The van der Waals surface area contributed by atoms with Gasteiger partial charge in [0.25, 0.3) is 0 Å². The van der Waals surface area contributed by atoms with Crippen molar-refractivity contribution in [3.63, 3.8) is 0 Å². The molecule has 0 aliphatic carbocycles. The van der Waals surface area contributed by atoms with Crippen LogP contribution in [0.5, 0.6) is 0 Å². The third-order valence-corrected chi connectivity index (χ3v) is 2.46. The minimum absolute atomic E-state index is 0. The van der Waals surface area contributed by atoms with Gasteiger partial charge in [-0.05, 0) is 0 Å². The van der Waals surface area contributed by atoms with E-state index < -0.39 is 39.0 Å². The smallest absolute Gasteiger partial charge is 0.790 e.